The van der Waals surface area contributed by atoms with Crippen molar-refractivity contribution < 1.29 is 9.90 Å². The Balaban J connectivity index is 2.09. The Kier molecular flexibility index (Phi) is 3.98. The minimum absolute atomic E-state index is 0.309. The highest BCUT2D eigenvalue weighted by Crippen LogP contribution is 2.16. The zero-order chi connectivity index (χ0) is 13.1. The highest BCUT2D eigenvalue weighted by molar-refractivity contribution is 5.88. The van der Waals surface area contributed by atoms with Gasteiger partial charge in [-0.2, -0.15) is 5.10 Å². The molecule has 0 aromatic carbocycles. The summed E-state index contributed by atoms with van der Waals surface area (Å²) in [6.45, 7) is 2.62. The number of aryl methyl sites for hydroxylation is 1. The molecule has 0 aliphatic carbocycles. The molecule has 6 heteroatoms. The molecule has 2 N–H and O–H groups in total. The molecule has 0 saturated carbocycles. The molecular formula is C12H20N4O2. The third-order valence-electron chi connectivity index (χ3n) is 3.58. The van der Waals surface area contributed by atoms with Crippen molar-refractivity contribution in [1.82, 2.24) is 20.0 Å². The number of aromatic nitrogens is 2. The average molecular weight is 252 g/mol. The van der Waals surface area contributed by atoms with Crippen LogP contribution in [-0.2, 0) is 13.6 Å². The van der Waals surface area contributed by atoms with Gasteiger partial charge in [-0.1, -0.05) is 0 Å². The van der Waals surface area contributed by atoms with Gasteiger partial charge in [-0.15, -0.1) is 0 Å². The Labute approximate surface area is 107 Å². The number of carboxylic acids is 1. The monoisotopic (exact) mass is 252 g/mol. The Morgan fingerprint density at radius 3 is 3.11 bits per heavy atom. The standard InChI is InChI=1S/C12H20N4O2/c1-13-9-4-3-5-16(7-9)8-11-10(12(17)18)6-14-15(11)2/h6,9,13H,3-5,7-8H2,1-2H3,(H,17,18). The number of nitrogens with one attached hydrogen (secondary N) is 1. The van der Waals surface area contributed by atoms with E-state index in [1.807, 2.05) is 7.05 Å². The van der Waals surface area contributed by atoms with Crippen LogP contribution in [0.15, 0.2) is 6.20 Å². The van der Waals surface area contributed by atoms with Gasteiger partial charge < -0.3 is 10.4 Å². The van der Waals surface area contributed by atoms with Crippen LogP contribution in [0.25, 0.3) is 0 Å². The maximum Gasteiger partial charge on any atom is 0.339 e. The predicted molar refractivity (Wildman–Crippen MR) is 67.5 cm³/mol. The van der Waals surface area contributed by atoms with E-state index < -0.39 is 5.97 Å². The second-order valence-electron chi connectivity index (χ2n) is 4.80. The summed E-state index contributed by atoms with van der Waals surface area (Å²) in [5.74, 6) is -0.903. The van der Waals surface area contributed by atoms with Crippen molar-refractivity contribution in [3.8, 4) is 0 Å². The summed E-state index contributed by atoms with van der Waals surface area (Å²) < 4.78 is 1.66. The van der Waals surface area contributed by atoms with Crippen LogP contribution in [0.2, 0.25) is 0 Å². The van der Waals surface area contributed by atoms with Crippen LogP contribution in [0.3, 0.4) is 0 Å². The Morgan fingerprint density at radius 2 is 2.44 bits per heavy atom. The van der Waals surface area contributed by atoms with Crippen LogP contribution in [-0.4, -0.2) is 51.9 Å². The number of piperidine rings is 1. The highest BCUT2D eigenvalue weighted by atomic mass is 16.4. The highest BCUT2D eigenvalue weighted by Gasteiger charge is 2.22. The lowest BCUT2D eigenvalue weighted by atomic mass is 10.1. The van der Waals surface area contributed by atoms with Gasteiger partial charge in [0.25, 0.3) is 0 Å². The van der Waals surface area contributed by atoms with Crippen molar-refractivity contribution >= 4 is 5.97 Å². The number of nitrogens with zero attached hydrogens (tertiary/aromatic N) is 3. The van der Waals surface area contributed by atoms with E-state index in [2.05, 4.69) is 15.3 Å². The molecule has 2 heterocycles. The zero-order valence-corrected chi connectivity index (χ0v) is 10.9. The molecule has 1 atom stereocenters. The molecule has 100 valence electrons. The molecule has 0 spiro atoms. The third kappa shape index (κ3) is 2.70. The molecule has 1 fully saturated rings. The molecule has 1 unspecified atom stereocenters. The minimum atomic E-state index is -0.903. The quantitative estimate of drug-likeness (QED) is 0.806. The first-order chi connectivity index (χ1) is 8.61. The van der Waals surface area contributed by atoms with Crippen molar-refractivity contribution in [2.75, 3.05) is 20.1 Å². The fourth-order valence-corrected chi connectivity index (χ4v) is 2.48. The van der Waals surface area contributed by atoms with Crippen molar-refractivity contribution in [3.63, 3.8) is 0 Å². The van der Waals surface area contributed by atoms with Crippen LogP contribution in [0.5, 0.6) is 0 Å². The molecule has 1 saturated heterocycles. The van der Waals surface area contributed by atoms with Crippen molar-refractivity contribution in [2.24, 2.45) is 7.05 Å². The third-order valence-corrected chi connectivity index (χ3v) is 3.58. The van der Waals surface area contributed by atoms with Crippen molar-refractivity contribution in [3.05, 3.63) is 17.5 Å². The molecule has 0 radical (unpaired) electrons. The number of hydrogen-bond donors (Lipinski definition) is 2. The predicted octanol–water partition coefficient (Wildman–Crippen LogP) is 0.302. The minimum Gasteiger partial charge on any atom is -0.478 e. The smallest absolute Gasteiger partial charge is 0.339 e. The van der Waals surface area contributed by atoms with E-state index in [1.165, 1.54) is 12.6 Å². The molecule has 0 bridgehead atoms. The van der Waals surface area contributed by atoms with Gasteiger partial charge in [0.1, 0.15) is 5.56 Å². The maximum atomic E-state index is 11.1. The van der Waals surface area contributed by atoms with Crippen LogP contribution in [0.4, 0.5) is 0 Å². The summed E-state index contributed by atoms with van der Waals surface area (Å²) in [6.07, 6.45) is 3.76. The van der Waals surface area contributed by atoms with Gasteiger partial charge >= 0.3 is 5.97 Å². The van der Waals surface area contributed by atoms with E-state index in [0.29, 0.717) is 18.2 Å². The number of hydrogen-bond acceptors (Lipinski definition) is 4. The second kappa shape index (κ2) is 5.49. The van der Waals surface area contributed by atoms with E-state index in [1.54, 1.807) is 11.7 Å². The number of likely N-dealkylation sites (tertiary alicyclic amines) is 1. The largest absolute Gasteiger partial charge is 0.478 e. The molecule has 2 rings (SSSR count). The lowest BCUT2D eigenvalue weighted by molar-refractivity contribution is 0.0693. The van der Waals surface area contributed by atoms with Gasteiger partial charge in [0.2, 0.25) is 0 Å². The summed E-state index contributed by atoms with van der Waals surface area (Å²) in [4.78, 5) is 13.4. The summed E-state index contributed by atoms with van der Waals surface area (Å²) in [5, 5.41) is 16.4. The first-order valence-electron chi connectivity index (χ1n) is 6.25. The van der Waals surface area contributed by atoms with Gasteiger partial charge in [-0.3, -0.25) is 9.58 Å². The Hall–Kier alpha value is -1.40. The first kappa shape index (κ1) is 13.0. The zero-order valence-electron chi connectivity index (χ0n) is 10.9. The number of rotatable bonds is 4. The SMILES string of the molecule is CNC1CCCN(Cc2c(C(=O)O)cnn2C)C1. The van der Waals surface area contributed by atoms with E-state index in [-0.39, 0.29) is 0 Å². The summed E-state index contributed by atoms with van der Waals surface area (Å²) in [6, 6.07) is 0.500. The van der Waals surface area contributed by atoms with E-state index in [0.717, 1.165) is 25.2 Å². The van der Waals surface area contributed by atoms with E-state index >= 15 is 0 Å². The van der Waals surface area contributed by atoms with Crippen molar-refractivity contribution in [1.29, 1.82) is 0 Å². The fraction of sp³-hybridized carbons (Fsp3) is 0.667. The first-order valence-corrected chi connectivity index (χ1v) is 6.25. The Bertz CT molecular complexity index is 430. The number of aromatic carboxylic acids is 1. The molecule has 6 nitrogen and oxygen atoms in total. The van der Waals surface area contributed by atoms with Gasteiger partial charge in [-0.25, -0.2) is 4.79 Å². The van der Waals surface area contributed by atoms with E-state index in [9.17, 15) is 4.79 Å². The molecule has 1 aromatic heterocycles. The van der Waals surface area contributed by atoms with E-state index in [4.69, 9.17) is 5.11 Å². The molecule has 1 aromatic rings. The maximum absolute atomic E-state index is 11.1. The number of carbonyl (C=O) groups is 1. The second-order valence-corrected chi connectivity index (χ2v) is 4.80. The van der Waals surface area contributed by atoms with Crippen LogP contribution >= 0.6 is 0 Å². The normalized spacial score (nSPS) is 21.1. The Morgan fingerprint density at radius 1 is 1.67 bits per heavy atom. The van der Waals surface area contributed by atoms with Crippen molar-refractivity contribution in [2.45, 2.75) is 25.4 Å². The molecular weight excluding hydrogens is 232 g/mol. The van der Waals surface area contributed by atoms with Gasteiger partial charge in [0.15, 0.2) is 0 Å². The molecule has 18 heavy (non-hydrogen) atoms. The van der Waals surface area contributed by atoms with Crippen LogP contribution < -0.4 is 5.32 Å². The van der Waals surface area contributed by atoms with Crippen LogP contribution in [0, 0.1) is 0 Å². The topological polar surface area (TPSA) is 70.4 Å². The summed E-state index contributed by atoms with van der Waals surface area (Å²) in [7, 11) is 3.77. The van der Waals surface area contributed by atoms with Crippen LogP contribution in [0.1, 0.15) is 28.9 Å². The summed E-state index contributed by atoms with van der Waals surface area (Å²) in [5.41, 5.74) is 1.09. The van der Waals surface area contributed by atoms with Gasteiger partial charge in [-0.05, 0) is 26.4 Å². The number of likely N-dealkylation sites (N-methyl/N-ethyl adjacent to an activating group) is 1. The molecule has 0 amide bonds. The van der Waals surface area contributed by atoms with Gasteiger partial charge in [0.05, 0.1) is 11.9 Å². The van der Waals surface area contributed by atoms with Gasteiger partial charge in [0, 0.05) is 26.2 Å². The lowest BCUT2D eigenvalue weighted by Crippen LogP contribution is -2.44. The number of carboxylic acid groups (broad SMARTS) is 1. The molecule has 1 aliphatic rings. The average Bonchev–Trinajstić information content (AvgIpc) is 2.71. The molecule has 1 aliphatic heterocycles. The lowest BCUT2D eigenvalue weighted by Gasteiger charge is -2.32. The summed E-state index contributed by atoms with van der Waals surface area (Å²) >= 11 is 0. The fourth-order valence-electron chi connectivity index (χ4n) is 2.48.